The van der Waals surface area contributed by atoms with Crippen molar-refractivity contribution in [3.8, 4) is 0 Å². The van der Waals surface area contributed by atoms with Crippen LogP contribution in [-0.2, 0) is 22.6 Å². The molecular formula is C14H21N3O4. The van der Waals surface area contributed by atoms with Crippen molar-refractivity contribution in [3.05, 3.63) is 17.5 Å². The quantitative estimate of drug-likeness (QED) is 0.778. The first kappa shape index (κ1) is 15.3. The molecule has 1 aromatic rings. The number of amides is 1. The molecule has 0 unspecified atom stereocenters. The molecule has 1 aromatic heterocycles. The number of carbonyl (C=O) groups is 2. The Morgan fingerprint density at radius 3 is 2.67 bits per heavy atom. The van der Waals surface area contributed by atoms with E-state index >= 15 is 0 Å². The summed E-state index contributed by atoms with van der Waals surface area (Å²) in [6.45, 7) is 8.97. The minimum absolute atomic E-state index is 0.276. The number of hydrogen-bond donors (Lipinski definition) is 0. The van der Waals surface area contributed by atoms with E-state index in [1.165, 1.54) is 0 Å². The Morgan fingerprint density at radius 1 is 1.33 bits per heavy atom. The van der Waals surface area contributed by atoms with Gasteiger partial charge in [-0.15, -0.1) is 0 Å². The van der Waals surface area contributed by atoms with Crippen LogP contribution in [0.25, 0.3) is 0 Å². The van der Waals surface area contributed by atoms with Crippen LogP contribution in [0.4, 0.5) is 4.79 Å². The van der Waals surface area contributed by atoms with Gasteiger partial charge in [-0.05, 0) is 33.8 Å². The maximum Gasteiger partial charge on any atom is 0.410 e. The summed E-state index contributed by atoms with van der Waals surface area (Å²) in [6, 6.07) is 1.66. The minimum Gasteiger partial charge on any atom is -0.461 e. The number of rotatable bonds is 2. The molecule has 1 amide bonds. The molecule has 2 heterocycles. The Kier molecular flexibility index (Phi) is 4.20. The first-order valence-corrected chi connectivity index (χ1v) is 7.02. The van der Waals surface area contributed by atoms with Gasteiger partial charge in [-0.3, -0.25) is 4.68 Å². The smallest absolute Gasteiger partial charge is 0.410 e. The van der Waals surface area contributed by atoms with Gasteiger partial charge >= 0.3 is 12.1 Å². The Bertz CT molecular complexity index is 545. The van der Waals surface area contributed by atoms with Gasteiger partial charge in [0.2, 0.25) is 0 Å². The largest absolute Gasteiger partial charge is 0.461 e. The number of hydrogen-bond acceptors (Lipinski definition) is 5. The molecule has 1 aliphatic rings. The van der Waals surface area contributed by atoms with Crippen molar-refractivity contribution in [2.24, 2.45) is 0 Å². The molecule has 7 heteroatoms. The van der Waals surface area contributed by atoms with E-state index in [1.54, 1.807) is 22.6 Å². The van der Waals surface area contributed by atoms with Gasteiger partial charge in [-0.1, -0.05) is 0 Å². The van der Waals surface area contributed by atoms with Crippen LogP contribution < -0.4 is 0 Å². The maximum absolute atomic E-state index is 12.0. The van der Waals surface area contributed by atoms with Crippen LogP contribution in [0.15, 0.2) is 6.07 Å². The molecule has 2 rings (SSSR count). The van der Waals surface area contributed by atoms with Crippen LogP contribution in [-0.4, -0.2) is 45.5 Å². The van der Waals surface area contributed by atoms with Crippen LogP contribution in [0.5, 0.6) is 0 Å². The predicted molar refractivity (Wildman–Crippen MR) is 74.8 cm³/mol. The summed E-state index contributed by atoms with van der Waals surface area (Å²) in [7, 11) is 0. The van der Waals surface area contributed by atoms with Gasteiger partial charge in [0.15, 0.2) is 5.69 Å². The molecule has 0 spiro atoms. The molecule has 0 radical (unpaired) electrons. The minimum atomic E-state index is -0.523. The fourth-order valence-corrected chi connectivity index (χ4v) is 2.05. The lowest BCUT2D eigenvalue weighted by atomic mass is 10.2. The molecule has 0 aromatic carbocycles. The summed E-state index contributed by atoms with van der Waals surface area (Å²) in [5.41, 5.74) is 0.554. The molecular weight excluding hydrogens is 274 g/mol. The van der Waals surface area contributed by atoms with Crippen LogP contribution in [0.2, 0.25) is 0 Å². The number of ether oxygens (including phenoxy) is 2. The topological polar surface area (TPSA) is 73.7 Å². The van der Waals surface area contributed by atoms with Crippen molar-refractivity contribution in [2.75, 3.05) is 13.2 Å². The predicted octanol–water partition coefficient (Wildman–Crippen LogP) is 1.81. The highest BCUT2D eigenvalue weighted by Gasteiger charge is 2.27. The lowest BCUT2D eigenvalue weighted by Crippen LogP contribution is -2.41. The third-order valence-corrected chi connectivity index (χ3v) is 2.93. The average molecular weight is 295 g/mol. The van der Waals surface area contributed by atoms with Gasteiger partial charge in [-0.25, -0.2) is 9.59 Å². The molecule has 0 saturated heterocycles. The Morgan fingerprint density at radius 2 is 2.05 bits per heavy atom. The Balaban J connectivity index is 2.07. The first-order valence-electron chi connectivity index (χ1n) is 7.02. The van der Waals surface area contributed by atoms with Crippen molar-refractivity contribution in [2.45, 2.75) is 46.4 Å². The molecule has 1 aliphatic heterocycles. The normalized spacial score (nSPS) is 14.6. The molecule has 7 nitrogen and oxygen atoms in total. The summed E-state index contributed by atoms with van der Waals surface area (Å²) in [4.78, 5) is 25.3. The second kappa shape index (κ2) is 5.75. The standard InChI is InChI=1S/C14H21N3O4/c1-5-20-12(18)11-8-10-9-16(6-7-17(10)15-11)13(19)21-14(2,3)4/h8H,5-7,9H2,1-4H3. The van der Waals surface area contributed by atoms with Crippen LogP contribution in [0.1, 0.15) is 43.9 Å². The van der Waals surface area contributed by atoms with E-state index in [0.717, 1.165) is 5.69 Å². The third kappa shape index (κ3) is 3.74. The van der Waals surface area contributed by atoms with E-state index in [0.29, 0.717) is 26.2 Å². The number of esters is 1. The lowest BCUT2D eigenvalue weighted by molar-refractivity contribution is 0.0193. The van der Waals surface area contributed by atoms with Crippen LogP contribution in [0, 0.1) is 0 Å². The van der Waals surface area contributed by atoms with Crippen molar-refractivity contribution >= 4 is 12.1 Å². The van der Waals surface area contributed by atoms with E-state index in [9.17, 15) is 9.59 Å². The van der Waals surface area contributed by atoms with Crippen molar-refractivity contribution in [1.82, 2.24) is 14.7 Å². The van der Waals surface area contributed by atoms with Gasteiger partial charge in [0.25, 0.3) is 0 Å². The molecule has 21 heavy (non-hydrogen) atoms. The Labute approximate surface area is 123 Å². The summed E-state index contributed by atoms with van der Waals surface area (Å²) in [5.74, 6) is -0.441. The number of nitrogens with zero attached hydrogens (tertiary/aromatic N) is 3. The zero-order valence-corrected chi connectivity index (χ0v) is 12.9. The number of fused-ring (bicyclic) bond motifs is 1. The fraction of sp³-hybridized carbons (Fsp3) is 0.643. The summed E-state index contributed by atoms with van der Waals surface area (Å²) in [6.07, 6.45) is -0.354. The van der Waals surface area contributed by atoms with Crippen molar-refractivity contribution in [1.29, 1.82) is 0 Å². The molecule has 0 saturated carbocycles. The zero-order valence-electron chi connectivity index (χ0n) is 12.9. The number of carbonyl (C=O) groups excluding carboxylic acids is 2. The van der Waals surface area contributed by atoms with Gasteiger partial charge in [0.05, 0.1) is 25.4 Å². The van der Waals surface area contributed by atoms with E-state index in [2.05, 4.69) is 5.10 Å². The van der Waals surface area contributed by atoms with E-state index in [1.807, 2.05) is 20.8 Å². The second-order valence-corrected chi connectivity index (χ2v) is 5.87. The first-order chi connectivity index (χ1) is 9.80. The van der Waals surface area contributed by atoms with Crippen molar-refractivity contribution in [3.63, 3.8) is 0 Å². The molecule has 0 N–H and O–H groups in total. The molecule has 0 bridgehead atoms. The van der Waals surface area contributed by atoms with Crippen LogP contribution >= 0.6 is 0 Å². The molecule has 0 fully saturated rings. The monoisotopic (exact) mass is 295 g/mol. The lowest BCUT2D eigenvalue weighted by Gasteiger charge is -2.30. The van der Waals surface area contributed by atoms with E-state index in [-0.39, 0.29) is 11.8 Å². The van der Waals surface area contributed by atoms with Gasteiger partial charge in [-0.2, -0.15) is 5.10 Å². The number of aromatic nitrogens is 2. The average Bonchev–Trinajstić information content (AvgIpc) is 2.79. The van der Waals surface area contributed by atoms with Crippen molar-refractivity contribution < 1.29 is 19.1 Å². The SMILES string of the molecule is CCOC(=O)c1cc2n(n1)CCN(C(=O)OC(C)(C)C)C2. The van der Waals surface area contributed by atoms with E-state index < -0.39 is 11.6 Å². The molecule has 0 atom stereocenters. The third-order valence-electron chi connectivity index (χ3n) is 2.93. The highest BCUT2D eigenvalue weighted by Crippen LogP contribution is 2.17. The van der Waals surface area contributed by atoms with E-state index in [4.69, 9.17) is 9.47 Å². The fourth-order valence-electron chi connectivity index (χ4n) is 2.05. The van der Waals surface area contributed by atoms with Crippen LogP contribution in [0.3, 0.4) is 0 Å². The maximum atomic E-state index is 12.0. The zero-order chi connectivity index (χ0) is 15.6. The van der Waals surface area contributed by atoms with Gasteiger partial charge in [0, 0.05) is 6.54 Å². The summed E-state index contributed by atoms with van der Waals surface area (Å²) in [5, 5.41) is 4.20. The highest BCUT2D eigenvalue weighted by molar-refractivity contribution is 5.87. The van der Waals surface area contributed by atoms with Gasteiger partial charge in [0.1, 0.15) is 5.60 Å². The second-order valence-electron chi connectivity index (χ2n) is 5.87. The summed E-state index contributed by atoms with van der Waals surface area (Å²) >= 11 is 0. The van der Waals surface area contributed by atoms with Gasteiger partial charge < -0.3 is 14.4 Å². The molecule has 116 valence electrons. The molecule has 0 aliphatic carbocycles. The highest BCUT2D eigenvalue weighted by atomic mass is 16.6. The Hall–Kier alpha value is -2.05. The summed E-state index contributed by atoms with van der Waals surface area (Å²) < 4.78 is 12.0.